The minimum atomic E-state index is -1.75. The molecule has 3 heterocycles. The molecule has 0 unspecified atom stereocenters. The van der Waals surface area contributed by atoms with Gasteiger partial charge in [-0.1, -0.05) is 12.1 Å². The van der Waals surface area contributed by atoms with Crippen LogP contribution in [0, 0.1) is 0 Å². The Morgan fingerprint density at radius 2 is 1.20 bits per heavy atom. The van der Waals surface area contributed by atoms with E-state index in [1.54, 1.807) is 0 Å². The van der Waals surface area contributed by atoms with E-state index in [0.29, 0.717) is 24.9 Å². The number of unbranched alkanes of at least 4 members (excludes halogenated alkanes) is 1. The molecular weight excluding hydrogens is 846 g/mol. The topological polar surface area (TPSA) is 388 Å². The van der Waals surface area contributed by atoms with Gasteiger partial charge in [-0.25, -0.2) is 4.79 Å². The van der Waals surface area contributed by atoms with Gasteiger partial charge < -0.3 is 83.2 Å². The van der Waals surface area contributed by atoms with Crippen LogP contribution in [0.1, 0.15) is 57.9 Å². The van der Waals surface area contributed by atoms with E-state index in [1.165, 1.54) is 31.2 Å². The largest absolute Gasteiger partial charge is 0.508 e. The molecular formula is C40H61N9O15. The molecule has 15 N–H and O–H groups in total. The van der Waals surface area contributed by atoms with Crippen LogP contribution in [-0.2, 0) is 44.8 Å². The van der Waals surface area contributed by atoms with Gasteiger partial charge in [-0.05, 0) is 57.4 Å². The fourth-order valence-corrected chi connectivity index (χ4v) is 7.99. The second kappa shape index (κ2) is 22.9. The van der Waals surface area contributed by atoms with E-state index in [1.807, 2.05) is 0 Å². The number of carboxylic acid groups (broad SMARTS) is 1. The standard InChI is InChI=1S/C40H61N9O15/c1-19(42)33(56)43-26(5-3-4-10-41)37(60)47-15-23(53)12-29(47)35(58)45-28(18-50)34(57)44-27(11-21-6-8-22(52)9-7-21)38(61)49-17-25(55)14-31(49)39(62)48-16-24(54)13-30(48)36(59)46-32(20(2)51)40(63)64/h6-9,19-20,23-32,50-55H,3-5,10-18,41-42H2,1-2H3,(H,43,56)(H,44,57)(H,45,58)(H,46,59)(H,63,64)/t19-,20+,23+,24+,25+,26-,27-,28-,29-,30-,31-,32-/m0/s1. The number of carboxylic acids is 1. The number of β-amino-alcohol motifs (C(OH)–C–C–N with tert-alkyl or cyclic N) is 3. The first-order valence-corrected chi connectivity index (χ1v) is 21.1. The number of phenolic OH excluding ortho intramolecular Hbond substituents is 1. The maximum Gasteiger partial charge on any atom is 0.328 e. The number of carbonyl (C=O) groups excluding carboxylic acids is 7. The summed E-state index contributed by atoms with van der Waals surface area (Å²) in [5.74, 6) is -7.89. The molecule has 0 radical (unpaired) electrons. The average molecular weight is 908 g/mol. The van der Waals surface area contributed by atoms with Crippen molar-refractivity contribution in [3.8, 4) is 5.75 Å². The Labute approximate surface area is 368 Å². The van der Waals surface area contributed by atoms with Crippen LogP contribution in [0.15, 0.2) is 24.3 Å². The van der Waals surface area contributed by atoms with Gasteiger partial charge >= 0.3 is 5.97 Å². The number of nitrogens with zero attached hydrogens (tertiary/aromatic N) is 3. The number of aliphatic hydroxyl groups is 5. The molecule has 24 nitrogen and oxygen atoms in total. The van der Waals surface area contributed by atoms with Gasteiger partial charge in [-0.15, -0.1) is 0 Å². The van der Waals surface area contributed by atoms with Crippen molar-refractivity contribution in [2.75, 3.05) is 32.8 Å². The normalized spacial score (nSPS) is 24.8. The Hall–Kier alpha value is -5.50. The van der Waals surface area contributed by atoms with Gasteiger partial charge in [0.05, 0.1) is 37.1 Å². The SMILES string of the molecule is C[C@H](N)C(=O)N[C@@H](CCCCN)C(=O)N1C[C@H](O)C[C@H]1C(=O)N[C@@H](CO)C(=O)N[C@@H](Cc1ccc(O)cc1)C(=O)N1C[C@H](O)C[C@H]1C(=O)N1C[C@H](O)C[C@H]1C(=O)N[C@H](C(=O)O)[C@@H](C)O. The highest BCUT2D eigenvalue weighted by Gasteiger charge is 2.49. The van der Waals surface area contributed by atoms with Crippen LogP contribution < -0.4 is 32.7 Å². The summed E-state index contributed by atoms with van der Waals surface area (Å²) in [4.78, 5) is 110. The third-order valence-electron chi connectivity index (χ3n) is 11.4. The Balaban J connectivity index is 1.56. The van der Waals surface area contributed by atoms with Crippen molar-refractivity contribution in [3.63, 3.8) is 0 Å². The first-order valence-electron chi connectivity index (χ1n) is 21.1. The lowest BCUT2D eigenvalue weighted by Crippen LogP contribution is -2.60. The summed E-state index contributed by atoms with van der Waals surface area (Å²) in [6.07, 6.45) is -5.33. The number of hydrogen-bond acceptors (Lipinski definition) is 16. The van der Waals surface area contributed by atoms with Gasteiger partial charge in [0.2, 0.25) is 41.4 Å². The van der Waals surface area contributed by atoms with Crippen molar-refractivity contribution in [1.29, 1.82) is 0 Å². The van der Waals surface area contributed by atoms with Crippen molar-refractivity contribution in [2.45, 2.75) is 132 Å². The number of hydrogen-bond donors (Lipinski definition) is 13. The fraction of sp³-hybridized carbons (Fsp3) is 0.650. The zero-order valence-corrected chi connectivity index (χ0v) is 35.6. The number of benzene rings is 1. The van der Waals surface area contributed by atoms with E-state index < -0.39 is 140 Å². The van der Waals surface area contributed by atoms with E-state index in [4.69, 9.17) is 11.5 Å². The van der Waals surface area contributed by atoms with Gasteiger partial charge in [0.25, 0.3) is 0 Å². The lowest BCUT2D eigenvalue weighted by atomic mass is 10.0. The number of aliphatic carboxylic acids is 1. The number of rotatable bonds is 20. The van der Waals surface area contributed by atoms with E-state index in [9.17, 15) is 74.1 Å². The van der Waals surface area contributed by atoms with Gasteiger partial charge in [-0.2, -0.15) is 0 Å². The molecule has 0 aromatic heterocycles. The molecule has 3 aliphatic rings. The zero-order chi connectivity index (χ0) is 47.6. The molecule has 356 valence electrons. The summed E-state index contributed by atoms with van der Waals surface area (Å²) in [6, 6.07) is -5.91. The first-order chi connectivity index (χ1) is 30.2. The lowest BCUT2D eigenvalue weighted by molar-refractivity contribution is -0.149. The van der Waals surface area contributed by atoms with Crippen molar-refractivity contribution in [3.05, 3.63) is 29.8 Å². The van der Waals surface area contributed by atoms with E-state index in [-0.39, 0.29) is 44.4 Å². The molecule has 7 amide bonds. The highest BCUT2D eigenvalue weighted by Crippen LogP contribution is 2.27. The van der Waals surface area contributed by atoms with Gasteiger partial charge in [0, 0.05) is 45.3 Å². The molecule has 0 saturated carbocycles. The van der Waals surface area contributed by atoms with Crippen LogP contribution in [0.25, 0.3) is 0 Å². The lowest BCUT2D eigenvalue weighted by Gasteiger charge is -2.33. The zero-order valence-electron chi connectivity index (χ0n) is 35.6. The maximum absolute atomic E-state index is 14.5. The molecule has 3 saturated heterocycles. The molecule has 64 heavy (non-hydrogen) atoms. The smallest absolute Gasteiger partial charge is 0.328 e. The van der Waals surface area contributed by atoms with Crippen LogP contribution in [0.5, 0.6) is 5.75 Å². The molecule has 24 heteroatoms. The van der Waals surface area contributed by atoms with E-state index in [2.05, 4.69) is 21.3 Å². The second-order valence-corrected chi connectivity index (χ2v) is 16.6. The molecule has 1 aromatic rings. The third-order valence-corrected chi connectivity index (χ3v) is 11.4. The Morgan fingerprint density at radius 3 is 1.73 bits per heavy atom. The van der Waals surface area contributed by atoms with Crippen molar-refractivity contribution in [2.24, 2.45) is 11.5 Å². The molecule has 12 atom stereocenters. The van der Waals surface area contributed by atoms with Crippen LogP contribution >= 0.6 is 0 Å². The van der Waals surface area contributed by atoms with Crippen molar-refractivity contribution >= 4 is 47.3 Å². The third kappa shape index (κ3) is 13.0. The summed E-state index contributed by atoms with van der Waals surface area (Å²) in [6.45, 7) is 0.713. The van der Waals surface area contributed by atoms with Crippen LogP contribution in [0.3, 0.4) is 0 Å². The molecule has 0 bridgehead atoms. The summed E-state index contributed by atoms with van der Waals surface area (Å²) in [5, 5.41) is 81.0. The molecule has 3 fully saturated rings. The quantitative estimate of drug-likeness (QED) is 0.0541. The van der Waals surface area contributed by atoms with Crippen molar-refractivity contribution in [1.82, 2.24) is 36.0 Å². The average Bonchev–Trinajstić information content (AvgIpc) is 3.96. The first kappa shape index (κ1) is 51.1. The van der Waals surface area contributed by atoms with E-state index >= 15 is 0 Å². The molecule has 3 aliphatic heterocycles. The minimum absolute atomic E-state index is 0.121. The van der Waals surface area contributed by atoms with Gasteiger partial charge in [-0.3, -0.25) is 33.6 Å². The summed E-state index contributed by atoms with van der Waals surface area (Å²) in [5.41, 5.74) is 11.7. The Kier molecular flexibility index (Phi) is 18.3. The Morgan fingerprint density at radius 1 is 0.703 bits per heavy atom. The number of aliphatic hydroxyl groups excluding tert-OH is 5. The number of phenols is 1. The molecule has 0 spiro atoms. The minimum Gasteiger partial charge on any atom is -0.508 e. The number of amides is 7. The van der Waals surface area contributed by atoms with Crippen molar-refractivity contribution < 1.29 is 74.1 Å². The second-order valence-electron chi connectivity index (χ2n) is 16.6. The number of carbonyl (C=O) groups is 8. The molecule has 4 rings (SSSR count). The van der Waals surface area contributed by atoms with Gasteiger partial charge in [0.1, 0.15) is 42.0 Å². The highest BCUT2D eigenvalue weighted by molar-refractivity contribution is 5.98. The molecule has 0 aliphatic carbocycles. The fourth-order valence-electron chi connectivity index (χ4n) is 7.99. The monoisotopic (exact) mass is 907 g/mol. The van der Waals surface area contributed by atoms with Crippen LogP contribution in [-0.4, -0.2) is 203 Å². The summed E-state index contributed by atoms with van der Waals surface area (Å²) in [7, 11) is 0. The summed E-state index contributed by atoms with van der Waals surface area (Å²) < 4.78 is 0. The number of aromatic hydroxyl groups is 1. The predicted octanol–water partition coefficient (Wildman–Crippen LogP) is -6.31. The van der Waals surface area contributed by atoms with E-state index in [0.717, 1.165) is 21.6 Å². The number of nitrogens with two attached hydrogens (primary N) is 2. The maximum atomic E-state index is 14.5. The number of nitrogens with one attached hydrogen (secondary N) is 4. The van der Waals surface area contributed by atoms with Gasteiger partial charge in [0.15, 0.2) is 6.04 Å². The molecule has 1 aromatic carbocycles. The summed E-state index contributed by atoms with van der Waals surface area (Å²) >= 11 is 0. The van der Waals surface area contributed by atoms with Crippen LogP contribution in [0.2, 0.25) is 0 Å². The number of likely N-dealkylation sites (tertiary alicyclic amines) is 3. The highest BCUT2D eigenvalue weighted by atomic mass is 16.4. The van der Waals surface area contributed by atoms with Crippen LogP contribution in [0.4, 0.5) is 0 Å². The Bertz CT molecular complexity index is 1850. The predicted molar refractivity (Wildman–Crippen MR) is 221 cm³/mol.